The maximum absolute atomic E-state index is 11.4. The Morgan fingerprint density at radius 1 is 1.07 bits per heavy atom. The van der Waals surface area contributed by atoms with Gasteiger partial charge in [-0.05, 0) is 31.6 Å². The molecule has 2 heteroatoms. The first-order chi connectivity index (χ1) is 6.79. The summed E-state index contributed by atoms with van der Waals surface area (Å²) in [5.41, 5.74) is 0. The zero-order chi connectivity index (χ0) is 9.97. The van der Waals surface area contributed by atoms with E-state index in [1.54, 1.807) is 6.92 Å². The molecule has 0 aromatic carbocycles. The van der Waals surface area contributed by atoms with Crippen LogP contribution in [0.3, 0.4) is 0 Å². The van der Waals surface area contributed by atoms with Gasteiger partial charge in [-0.3, -0.25) is 4.79 Å². The molecule has 0 N–H and O–H groups in total. The Hall–Kier alpha value is -0.530. The van der Waals surface area contributed by atoms with Crippen molar-refractivity contribution in [3.63, 3.8) is 0 Å². The zero-order valence-corrected chi connectivity index (χ0v) is 9.17. The van der Waals surface area contributed by atoms with Crippen LogP contribution in [0.25, 0.3) is 0 Å². The molecule has 0 radical (unpaired) electrons. The predicted molar refractivity (Wildman–Crippen MR) is 57.0 cm³/mol. The van der Waals surface area contributed by atoms with Crippen LogP contribution < -0.4 is 0 Å². The second-order valence-electron chi connectivity index (χ2n) is 4.82. The molecule has 0 spiro atoms. The van der Waals surface area contributed by atoms with Gasteiger partial charge < -0.3 is 4.90 Å². The first-order valence-electron chi connectivity index (χ1n) is 6.06. The van der Waals surface area contributed by atoms with Gasteiger partial charge in [-0.15, -0.1) is 0 Å². The van der Waals surface area contributed by atoms with Gasteiger partial charge in [-0.2, -0.15) is 0 Å². The van der Waals surface area contributed by atoms with E-state index in [2.05, 4.69) is 4.90 Å². The lowest BCUT2D eigenvalue weighted by Gasteiger charge is -2.33. The van der Waals surface area contributed by atoms with Crippen LogP contribution in [-0.2, 0) is 4.79 Å². The van der Waals surface area contributed by atoms with Crippen molar-refractivity contribution in [1.82, 2.24) is 4.90 Å². The molecule has 1 atom stereocenters. The topological polar surface area (TPSA) is 20.3 Å². The quantitative estimate of drug-likeness (QED) is 0.629. The second-order valence-corrected chi connectivity index (χ2v) is 4.82. The fourth-order valence-electron chi connectivity index (χ4n) is 3.19. The van der Waals surface area contributed by atoms with Crippen LogP contribution in [0.5, 0.6) is 0 Å². The van der Waals surface area contributed by atoms with Gasteiger partial charge in [0.05, 0.1) is 0 Å². The van der Waals surface area contributed by atoms with Crippen molar-refractivity contribution in [2.75, 3.05) is 6.54 Å². The van der Waals surface area contributed by atoms with Crippen LogP contribution in [0.1, 0.15) is 51.9 Å². The summed E-state index contributed by atoms with van der Waals surface area (Å²) in [6.45, 7) is 2.73. The van der Waals surface area contributed by atoms with E-state index in [9.17, 15) is 4.79 Å². The molecule has 80 valence electrons. The lowest BCUT2D eigenvalue weighted by Crippen LogP contribution is -2.39. The molecule has 2 aliphatic rings. The summed E-state index contributed by atoms with van der Waals surface area (Å²) in [5, 5.41) is 0. The van der Waals surface area contributed by atoms with E-state index in [4.69, 9.17) is 0 Å². The van der Waals surface area contributed by atoms with Crippen LogP contribution in [0, 0.1) is 5.92 Å². The van der Waals surface area contributed by atoms with Gasteiger partial charge in [-0.1, -0.05) is 19.3 Å². The average Bonchev–Trinajstić information content (AvgIpc) is 2.67. The Kier molecular flexibility index (Phi) is 3.09. The summed E-state index contributed by atoms with van der Waals surface area (Å²) in [4.78, 5) is 13.5. The normalized spacial score (nSPS) is 29.5. The lowest BCUT2D eigenvalue weighted by molar-refractivity contribution is -0.130. The molecule has 2 nitrogen and oxygen atoms in total. The third kappa shape index (κ3) is 1.94. The first kappa shape index (κ1) is 10.0. The molecule has 0 bridgehead atoms. The molecular formula is C12H21NO. The van der Waals surface area contributed by atoms with Gasteiger partial charge in [-0.25, -0.2) is 0 Å². The van der Waals surface area contributed by atoms with E-state index in [1.807, 2.05) is 0 Å². The minimum atomic E-state index is 0.290. The summed E-state index contributed by atoms with van der Waals surface area (Å²) in [7, 11) is 0. The second kappa shape index (κ2) is 4.33. The van der Waals surface area contributed by atoms with Crippen molar-refractivity contribution in [3.05, 3.63) is 0 Å². The largest absolute Gasteiger partial charge is 0.340 e. The molecule has 1 unspecified atom stereocenters. The Morgan fingerprint density at radius 2 is 1.79 bits per heavy atom. The van der Waals surface area contributed by atoms with Crippen LogP contribution in [0.2, 0.25) is 0 Å². The molecule has 2 fully saturated rings. The number of hydrogen-bond donors (Lipinski definition) is 0. The highest BCUT2D eigenvalue weighted by Crippen LogP contribution is 2.34. The third-order valence-electron chi connectivity index (χ3n) is 3.90. The number of carbonyl (C=O) groups excluding carboxylic acids is 1. The predicted octanol–water partition coefficient (Wildman–Crippen LogP) is 2.58. The molecule has 0 aromatic heterocycles. The number of likely N-dealkylation sites (tertiary alicyclic amines) is 1. The first-order valence-corrected chi connectivity index (χ1v) is 6.06. The van der Waals surface area contributed by atoms with E-state index >= 15 is 0 Å². The molecule has 2 rings (SSSR count). The van der Waals surface area contributed by atoms with E-state index in [0.717, 1.165) is 12.5 Å². The zero-order valence-electron chi connectivity index (χ0n) is 9.17. The molecule has 1 aliphatic heterocycles. The van der Waals surface area contributed by atoms with E-state index < -0.39 is 0 Å². The molecule has 1 saturated heterocycles. The molecule has 0 aromatic rings. The summed E-state index contributed by atoms with van der Waals surface area (Å²) in [5.74, 6) is 1.10. The standard InChI is InChI=1S/C12H21NO/c1-10(14)13-9-5-8-12(13)11-6-3-2-4-7-11/h11-12H,2-9H2,1H3. The molecule has 1 amide bonds. The number of hydrogen-bond acceptors (Lipinski definition) is 1. The number of carbonyl (C=O) groups is 1. The summed E-state index contributed by atoms with van der Waals surface area (Å²) < 4.78 is 0. The fraction of sp³-hybridized carbons (Fsp3) is 0.917. The number of amides is 1. The lowest BCUT2D eigenvalue weighted by atomic mass is 9.83. The summed E-state index contributed by atoms with van der Waals surface area (Å²) in [6.07, 6.45) is 9.36. The Balaban J connectivity index is 1.97. The van der Waals surface area contributed by atoms with Crippen LogP contribution in [0.4, 0.5) is 0 Å². The van der Waals surface area contributed by atoms with Crippen molar-refractivity contribution < 1.29 is 4.79 Å². The highest BCUT2D eigenvalue weighted by atomic mass is 16.2. The Labute approximate surface area is 86.7 Å². The van der Waals surface area contributed by atoms with E-state index in [-0.39, 0.29) is 5.91 Å². The number of nitrogens with zero attached hydrogens (tertiary/aromatic N) is 1. The van der Waals surface area contributed by atoms with Gasteiger partial charge in [0.25, 0.3) is 0 Å². The van der Waals surface area contributed by atoms with Crippen LogP contribution in [-0.4, -0.2) is 23.4 Å². The van der Waals surface area contributed by atoms with E-state index in [0.29, 0.717) is 6.04 Å². The van der Waals surface area contributed by atoms with Crippen molar-refractivity contribution in [2.45, 2.75) is 57.9 Å². The maximum atomic E-state index is 11.4. The van der Waals surface area contributed by atoms with Crippen molar-refractivity contribution >= 4 is 5.91 Å². The highest BCUT2D eigenvalue weighted by Gasteiger charge is 2.33. The molecule has 1 aliphatic carbocycles. The van der Waals surface area contributed by atoms with Crippen molar-refractivity contribution in [1.29, 1.82) is 0 Å². The van der Waals surface area contributed by atoms with Crippen molar-refractivity contribution in [3.8, 4) is 0 Å². The Morgan fingerprint density at radius 3 is 2.43 bits per heavy atom. The maximum Gasteiger partial charge on any atom is 0.219 e. The van der Waals surface area contributed by atoms with Crippen LogP contribution in [0.15, 0.2) is 0 Å². The van der Waals surface area contributed by atoms with Gasteiger partial charge >= 0.3 is 0 Å². The van der Waals surface area contributed by atoms with Gasteiger partial charge in [0.15, 0.2) is 0 Å². The Bertz CT molecular complexity index is 208. The molecule has 1 saturated carbocycles. The van der Waals surface area contributed by atoms with Crippen LogP contribution >= 0.6 is 0 Å². The average molecular weight is 195 g/mol. The molecule has 14 heavy (non-hydrogen) atoms. The minimum absolute atomic E-state index is 0.290. The highest BCUT2D eigenvalue weighted by molar-refractivity contribution is 5.73. The summed E-state index contributed by atoms with van der Waals surface area (Å²) in [6, 6.07) is 0.591. The van der Waals surface area contributed by atoms with Gasteiger partial charge in [0.2, 0.25) is 5.91 Å². The third-order valence-corrected chi connectivity index (χ3v) is 3.90. The summed E-state index contributed by atoms with van der Waals surface area (Å²) >= 11 is 0. The smallest absolute Gasteiger partial charge is 0.219 e. The minimum Gasteiger partial charge on any atom is -0.340 e. The van der Waals surface area contributed by atoms with Crippen molar-refractivity contribution in [2.24, 2.45) is 5.92 Å². The monoisotopic (exact) mass is 195 g/mol. The SMILES string of the molecule is CC(=O)N1CCCC1C1CCCCC1. The molecule has 1 heterocycles. The van der Waals surface area contributed by atoms with Gasteiger partial charge in [0, 0.05) is 19.5 Å². The number of rotatable bonds is 1. The molecular weight excluding hydrogens is 174 g/mol. The van der Waals surface area contributed by atoms with E-state index in [1.165, 1.54) is 44.9 Å². The fourth-order valence-corrected chi connectivity index (χ4v) is 3.19. The van der Waals surface area contributed by atoms with Gasteiger partial charge in [0.1, 0.15) is 0 Å².